The average Bonchev–Trinajstić information content (AvgIpc) is 3.20. The highest BCUT2D eigenvalue weighted by molar-refractivity contribution is 7.07. The molecule has 2 aromatic carbocycles. The number of hydrogen-bond donors (Lipinski definition) is 1. The number of thiazole rings is 1. The van der Waals surface area contributed by atoms with Crippen LogP contribution in [0.4, 0.5) is 0 Å². The molecule has 9 heteroatoms. The van der Waals surface area contributed by atoms with Crippen LogP contribution in [0.15, 0.2) is 70.1 Å². The Bertz CT molecular complexity index is 1650. The number of fused-ring (bicyclic) bond motifs is 1. The highest BCUT2D eigenvalue weighted by atomic mass is 32.1. The maximum atomic E-state index is 14.0. The van der Waals surface area contributed by atoms with Gasteiger partial charge < -0.3 is 19.3 Å². The molecule has 0 unspecified atom stereocenters. The molecule has 0 spiro atoms. The van der Waals surface area contributed by atoms with Gasteiger partial charge in [0, 0.05) is 11.1 Å². The SMILES string of the molecule is C=CCc1cc(/C=c2\sc3n(c2=O)[C@@H](c2ccccc2OC(C)C)C(C(=O)OCC)=C(C)N=3)cc(OCC)c1O. The van der Waals surface area contributed by atoms with Gasteiger partial charge in [0.05, 0.1) is 35.1 Å². The van der Waals surface area contributed by atoms with Crippen LogP contribution in [0.5, 0.6) is 17.2 Å². The molecule has 3 aromatic rings. The smallest absolute Gasteiger partial charge is 0.338 e. The van der Waals surface area contributed by atoms with Crippen molar-refractivity contribution >= 4 is 23.4 Å². The van der Waals surface area contributed by atoms with E-state index in [4.69, 9.17) is 14.2 Å². The van der Waals surface area contributed by atoms with E-state index in [1.54, 1.807) is 38.1 Å². The fraction of sp³-hybridized carbons (Fsp3) is 0.323. The Morgan fingerprint density at radius 3 is 2.62 bits per heavy atom. The summed E-state index contributed by atoms with van der Waals surface area (Å²) in [5, 5.41) is 10.6. The normalized spacial score (nSPS) is 15.1. The van der Waals surface area contributed by atoms with Gasteiger partial charge in [-0.2, -0.15) is 0 Å². The fourth-order valence-electron chi connectivity index (χ4n) is 4.65. The Balaban J connectivity index is 1.97. The number of benzene rings is 2. The van der Waals surface area contributed by atoms with E-state index in [1.807, 2.05) is 45.0 Å². The molecule has 0 fully saturated rings. The molecule has 8 nitrogen and oxygen atoms in total. The average molecular weight is 563 g/mol. The number of phenolic OH excluding ortho intramolecular Hbond substituents is 1. The lowest BCUT2D eigenvalue weighted by atomic mass is 9.95. The maximum absolute atomic E-state index is 14.0. The Labute approximate surface area is 237 Å². The Hall–Kier alpha value is -4.11. The first kappa shape index (κ1) is 28.9. The summed E-state index contributed by atoms with van der Waals surface area (Å²) in [5.41, 5.74) is 2.45. The Morgan fingerprint density at radius 1 is 1.20 bits per heavy atom. The summed E-state index contributed by atoms with van der Waals surface area (Å²) in [5.74, 6) is 0.426. The summed E-state index contributed by atoms with van der Waals surface area (Å²) in [6, 6.07) is 10.1. The van der Waals surface area contributed by atoms with Gasteiger partial charge in [0.15, 0.2) is 16.3 Å². The van der Waals surface area contributed by atoms with Crippen molar-refractivity contribution in [3.63, 3.8) is 0 Å². The lowest BCUT2D eigenvalue weighted by molar-refractivity contribution is -0.139. The number of carbonyl (C=O) groups is 1. The molecule has 1 aliphatic heterocycles. The van der Waals surface area contributed by atoms with Crippen molar-refractivity contribution in [2.75, 3.05) is 13.2 Å². The van der Waals surface area contributed by atoms with Crippen molar-refractivity contribution in [2.45, 2.75) is 53.2 Å². The van der Waals surface area contributed by atoms with Crippen LogP contribution < -0.4 is 24.4 Å². The molecule has 0 amide bonds. The third-order valence-corrected chi connectivity index (χ3v) is 7.21. The van der Waals surface area contributed by atoms with E-state index in [9.17, 15) is 14.7 Å². The first-order chi connectivity index (χ1) is 19.2. The highest BCUT2D eigenvalue weighted by Crippen LogP contribution is 2.36. The number of phenols is 1. The molecule has 1 aromatic heterocycles. The summed E-state index contributed by atoms with van der Waals surface area (Å²) >= 11 is 1.23. The number of nitrogens with zero attached hydrogens (tertiary/aromatic N) is 2. The van der Waals surface area contributed by atoms with Gasteiger partial charge in [-0.1, -0.05) is 35.6 Å². The largest absolute Gasteiger partial charge is 0.504 e. The van der Waals surface area contributed by atoms with Gasteiger partial charge in [-0.3, -0.25) is 9.36 Å². The van der Waals surface area contributed by atoms with E-state index in [0.29, 0.717) is 56.2 Å². The molecular weight excluding hydrogens is 528 g/mol. The van der Waals surface area contributed by atoms with Crippen molar-refractivity contribution in [3.8, 4) is 17.2 Å². The standard InChI is InChI=1S/C31H34N2O6S/c1-7-12-21-15-20(16-24(28(21)34)37-8-2)17-25-29(35)33-27(22-13-10-11-14-23(22)39-18(4)5)26(30(36)38-9-3)19(6)32-31(33)40-25/h7,10-11,13-18,27,34H,1,8-9,12H2,2-6H3/b25-17-/t27-/m0/s1. The van der Waals surface area contributed by atoms with Crippen LogP contribution in [0.25, 0.3) is 6.08 Å². The van der Waals surface area contributed by atoms with E-state index in [1.165, 1.54) is 15.9 Å². The van der Waals surface area contributed by atoms with Crippen molar-refractivity contribution in [1.29, 1.82) is 0 Å². The number of para-hydroxylation sites is 1. The van der Waals surface area contributed by atoms with E-state index < -0.39 is 12.0 Å². The fourth-order valence-corrected chi connectivity index (χ4v) is 5.70. The second-order valence-corrected chi connectivity index (χ2v) is 10.5. The van der Waals surface area contributed by atoms with Crippen LogP contribution in [-0.2, 0) is 16.0 Å². The minimum Gasteiger partial charge on any atom is -0.504 e. The van der Waals surface area contributed by atoms with Gasteiger partial charge in [0.2, 0.25) is 0 Å². The minimum atomic E-state index is -0.789. The predicted octanol–water partition coefficient (Wildman–Crippen LogP) is 4.42. The number of ether oxygens (including phenoxy) is 3. The summed E-state index contributed by atoms with van der Waals surface area (Å²) in [6.45, 7) is 13.5. The van der Waals surface area contributed by atoms with Crippen molar-refractivity contribution in [1.82, 2.24) is 4.57 Å². The Kier molecular flexibility index (Phi) is 8.94. The van der Waals surface area contributed by atoms with Crippen molar-refractivity contribution in [3.05, 3.63) is 96.7 Å². The van der Waals surface area contributed by atoms with E-state index in [2.05, 4.69) is 11.6 Å². The lowest BCUT2D eigenvalue weighted by Crippen LogP contribution is -2.40. The lowest BCUT2D eigenvalue weighted by Gasteiger charge is -2.26. The third-order valence-electron chi connectivity index (χ3n) is 6.23. The topological polar surface area (TPSA) is 99.4 Å². The van der Waals surface area contributed by atoms with Gasteiger partial charge in [0.1, 0.15) is 11.8 Å². The first-order valence-corrected chi connectivity index (χ1v) is 14.1. The molecule has 4 rings (SSSR count). The number of hydrogen-bond acceptors (Lipinski definition) is 8. The van der Waals surface area contributed by atoms with E-state index >= 15 is 0 Å². The molecule has 0 radical (unpaired) electrons. The molecule has 0 saturated heterocycles. The number of rotatable bonds is 10. The van der Waals surface area contributed by atoms with Crippen LogP contribution in [0.1, 0.15) is 57.4 Å². The van der Waals surface area contributed by atoms with E-state index in [-0.39, 0.29) is 29.6 Å². The summed E-state index contributed by atoms with van der Waals surface area (Å²) in [4.78, 5) is 32.4. The maximum Gasteiger partial charge on any atom is 0.338 e. The molecule has 0 bridgehead atoms. The Morgan fingerprint density at radius 2 is 1.95 bits per heavy atom. The molecule has 2 heterocycles. The molecule has 40 heavy (non-hydrogen) atoms. The van der Waals surface area contributed by atoms with Crippen LogP contribution in [-0.4, -0.2) is 35.0 Å². The summed E-state index contributed by atoms with van der Waals surface area (Å²) < 4.78 is 19.1. The molecular formula is C31H34N2O6S. The number of allylic oxidation sites excluding steroid dienone is 2. The van der Waals surface area contributed by atoms with Gasteiger partial charge in [-0.25, -0.2) is 9.79 Å². The predicted molar refractivity (Wildman–Crippen MR) is 156 cm³/mol. The van der Waals surface area contributed by atoms with Gasteiger partial charge in [0.25, 0.3) is 5.56 Å². The van der Waals surface area contributed by atoms with E-state index in [0.717, 1.165) is 0 Å². The third kappa shape index (κ3) is 5.74. The highest BCUT2D eigenvalue weighted by Gasteiger charge is 2.35. The number of aromatic hydroxyl groups is 1. The molecule has 1 N–H and O–H groups in total. The van der Waals surface area contributed by atoms with Crippen LogP contribution in [0.2, 0.25) is 0 Å². The van der Waals surface area contributed by atoms with Crippen molar-refractivity contribution in [2.24, 2.45) is 4.99 Å². The minimum absolute atomic E-state index is 0.0526. The molecule has 1 atom stereocenters. The second-order valence-electron chi connectivity index (χ2n) is 9.46. The number of esters is 1. The summed E-state index contributed by atoms with van der Waals surface area (Å²) in [7, 11) is 0. The number of carbonyl (C=O) groups excluding carboxylic acids is 1. The van der Waals surface area contributed by atoms with Gasteiger partial charge in [-0.15, -0.1) is 6.58 Å². The molecule has 210 valence electrons. The van der Waals surface area contributed by atoms with Gasteiger partial charge in [-0.05, 0) is 70.9 Å². The monoisotopic (exact) mass is 562 g/mol. The molecule has 0 aliphatic carbocycles. The van der Waals surface area contributed by atoms with Crippen LogP contribution >= 0.6 is 11.3 Å². The zero-order valence-electron chi connectivity index (χ0n) is 23.4. The van der Waals surface area contributed by atoms with Crippen LogP contribution in [0, 0.1) is 0 Å². The zero-order valence-corrected chi connectivity index (χ0v) is 24.2. The van der Waals surface area contributed by atoms with Crippen LogP contribution in [0.3, 0.4) is 0 Å². The summed E-state index contributed by atoms with van der Waals surface area (Å²) in [6.07, 6.45) is 3.75. The zero-order chi connectivity index (χ0) is 29.0. The second kappa shape index (κ2) is 12.4. The van der Waals surface area contributed by atoms with Crippen molar-refractivity contribution < 1.29 is 24.1 Å². The number of aromatic nitrogens is 1. The molecule has 0 saturated carbocycles. The first-order valence-electron chi connectivity index (χ1n) is 13.2. The quantitative estimate of drug-likeness (QED) is 0.290. The van der Waals surface area contributed by atoms with Gasteiger partial charge >= 0.3 is 5.97 Å². The molecule has 1 aliphatic rings.